The Kier molecular flexibility index (Phi) is 8.20. The first-order valence-corrected chi connectivity index (χ1v) is 13.7. The molecule has 0 saturated heterocycles. The summed E-state index contributed by atoms with van der Waals surface area (Å²) in [5.41, 5.74) is 9.55. The molecule has 0 aliphatic heterocycles. The van der Waals surface area contributed by atoms with E-state index in [9.17, 15) is 4.79 Å². The second-order valence-electron chi connectivity index (χ2n) is 8.95. The molecule has 1 heterocycles. The molecule has 0 atom stereocenters. The smallest absolute Gasteiger partial charge is 0.250 e. The molecule has 0 saturated carbocycles. The Bertz CT molecular complexity index is 1600. The third-order valence-corrected chi connectivity index (χ3v) is 7.30. The van der Waals surface area contributed by atoms with E-state index in [1.807, 2.05) is 97.3 Å². The fraction of sp³-hybridized carbons (Fsp3) is 0.0968. The molecule has 4 aromatic carbocycles. The fourth-order valence-electron chi connectivity index (χ4n) is 3.98. The van der Waals surface area contributed by atoms with Crippen LogP contribution in [0.2, 0.25) is 5.02 Å². The van der Waals surface area contributed by atoms with E-state index in [0.717, 1.165) is 39.2 Å². The minimum atomic E-state index is -0.234. The highest BCUT2D eigenvalue weighted by molar-refractivity contribution is 7.99. The molecule has 5 rings (SSSR count). The van der Waals surface area contributed by atoms with E-state index in [2.05, 4.69) is 45.0 Å². The van der Waals surface area contributed by atoms with Crippen LogP contribution in [0.3, 0.4) is 0 Å². The zero-order chi connectivity index (χ0) is 27.2. The number of aromatic nitrogens is 3. The van der Waals surface area contributed by atoms with Crippen molar-refractivity contribution in [3.8, 4) is 28.2 Å². The van der Waals surface area contributed by atoms with Crippen LogP contribution in [0, 0.1) is 6.92 Å². The quantitative estimate of drug-likeness (QED) is 0.126. The largest absolute Gasteiger partial charge is 0.272 e. The van der Waals surface area contributed by atoms with Crippen molar-refractivity contribution in [3.05, 3.63) is 119 Å². The number of amides is 1. The van der Waals surface area contributed by atoms with Gasteiger partial charge < -0.3 is 0 Å². The number of halogens is 1. The van der Waals surface area contributed by atoms with Crippen molar-refractivity contribution in [2.24, 2.45) is 5.10 Å². The van der Waals surface area contributed by atoms with E-state index in [1.165, 1.54) is 11.8 Å². The summed E-state index contributed by atoms with van der Waals surface area (Å²) in [6, 6.07) is 33.8. The van der Waals surface area contributed by atoms with Gasteiger partial charge in [-0.15, -0.1) is 10.2 Å². The molecular formula is C31H26ClN5OS. The minimum Gasteiger partial charge on any atom is -0.272 e. The number of hydrogen-bond donors (Lipinski definition) is 1. The maximum Gasteiger partial charge on any atom is 0.250 e. The number of nitrogens with zero attached hydrogens (tertiary/aromatic N) is 4. The van der Waals surface area contributed by atoms with E-state index in [0.29, 0.717) is 16.0 Å². The Morgan fingerprint density at radius 1 is 0.846 bits per heavy atom. The summed E-state index contributed by atoms with van der Waals surface area (Å²) in [4.78, 5) is 12.7. The number of aryl methyl sites for hydroxylation is 1. The number of rotatable bonds is 8. The molecule has 0 unspecified atom stereocenters. The number of nitrogens with one attached hydrogen (secondary N) is 1. The van der Waals surface area contributed by atoms with Gasteiger partial charge in [-0.3, -0.25) is 9.36 Å². The van der Waals surface area contributed by atoms with Crippen LogP contribution < -0.4 is 5.43 Å². The number of thioether (sulfide) groups is 1. The van der Waals surface area contributed by atoms with Gasteiger partial charge in [-0.25, -0.2) is 5.43 Å². The normalized spacial score (nSPS) is 11.4. The molecule has 6 nitrogen and oxygen atoms in total. The highest BCUT2D eigenvalue weighted by Crippen LogP contribution is 2.29. The summed E-state index contributed by atoms with van der Waals surface area (Å²) >= 11 is 7.41. The highest BCUT2D eigenvalue weighted by Gasteiger charge is 2.17. The molecule has 8 heteroatoms. The third kappa shape index (κ3) is 6.45. The molecule has 0 bridgehead atoms. The second kappa shape index (κ2) is 12.1. The molecule has 0 fully saturated rings. The lowest BCUT2D eigenvalue weighted by molar-refractivity contribution is -0.118. The Labute approximate surface area is 236 Å². The van der Waals surface area contributed by atoms with Gasteiger partial charge in [-0.05, 0) is 54.8 Å². The van der Waals surface area contributed by atoms with Gasteiger partial charge in [0.1, 0.15) is 0 Å². The summed E-state index contributed by atoms with van der Waals surface area (Å²) < 4.78 is 1.93. The van der Waals surface area contributed by atoms with Crippen LogP contribution in [0.5, 0.6) is 0 Å². The molecule has 1 N–H and O–H groups in total. The first-order valence-electron chi connectivity index (χ1n) is 12.4. The molecule has 0 radical (unpaired) electrons. The topological polar surface area (TPSA) is 72.2 Å². The summed E-state index contributed by atoms with van der Waals surface area (Å²) in [6.07, 6.45) is 0. The lowest BCUT2D eigenvalue weighted by Gasteiger charge is -2.11. The molecule has 194 valence electrons. The maximum absolute atomic E-state index is 12.7. The van der Waals surface area contributed by atoms with Gasteiger partial charge in [-0.2, -0.15) is 5.10 Å². The molecule has 1 amide bonds. The molecule has 1 aromatic heterocycles. The van der Waals surface area contributed by atoms with Gasteiger partial charge >= 0.3 is 0 Å². The van der Waals surface area contributed by atoms with Gasteiger partial charge in [0.05, 0.1) is 11.5 Å². The maximum atomic E-state index is 12.7. The van der Waals surface area contributed by atoms with Crippen LogP contribution in [0.4, 0.5) is 0 Å². The van der Waals surface area contributed by atoms with Crippen molar-refractivity contribution >= 4 is 35.0 Å². The number of benzene rings is 4. The summed E-state index contributed by atoms with van der Waals surface area (Å²) in [5, 5.41) is 14.4. The Balaban J connectivity index is 1.28. The van der Waals surface area contributed by atoms with Gasteiger partial charge in [0.25, 0.3) is 5.91 Å². The summed E-state index contributed by atoms with van der Waals surface area (Å²) in [6.45, 7) is 3.91. The van der Waals surface area contributed by atoms with E-state index in [-0.39, 0.29) is 11.7 Å². The van der Waals surface area contributed by atoms with Gasteiger partial charge in [0, 0.05) is 16.3 Å². The Morgan fingerprint density at radius 2 is 1.49 bits per heavy atom. The zero-order valence-electron chi connectivity index (χ0n) is 21.5. The van der Waals surface area contributed by atoms with Gasteiger partial charge in [-0.1, -0.05) is 108 Å². The molecule has 39 heavy (non-hydrogen) atoms. The molecule has 0 aliphatic rings. The van der Waals surface area contributed by atoms with Gasteiger partial charge in [0.2, 0.25) is 0 Å². The van der Waals surface area contributed by atoms with Crippen LogP contribution in [0.15, 0.2) is 113 Å². The molecule has 0 aliphatic carbocycles. The molecule has 5 aromatic rings. The van der Waals surface area contributed by atoms with E-state index in [1.54, 1.807) is 0 Å². The average Bonchev–Trinajstić information content (AvgIpc) is 3.40. The van der Waals surface area contributed by atoms with Crippen molar-refractivity contribution in [1.82, 2.24) is 20.2 Å². The average molecular weight is 552 g/mol. The predicted octanol–water partition coefficient (Wildman–Crippen LogP) is 7.20. The van der Waals surface area contributed by atoms with Crippen molar-refractivity contribution < 1.29 is 4.79 Å². The second-order valence-corrected chi connectivity index (χ2v) is 10.3. The SMILES string of the molecule is C/C(=N\NC(=O)CSc1nnc(-c2ccc(C)cc2)n1-c1ccc(Cl)cc1)c1ccc(-c2ccccc2)cc1. The minimum absolute atomic E-state index is 0.128. The van der Waals surface area contributed by atoms with Crippen molar-refractivity contribution in [2.45, 2.75) is 19.0 Å². The number of hydrogen-bond acceptors (Lipinski definition) is 5. The van der Waals surface area contributed by atoms with Crippen molar-refractivity contribution in [3.63, 3.8) is 0 Å². The standard InChI is InChI=1S/C31H26ClN5OS/c1-21-8-10-26(11-9-21)30-35-36-31(37(30)28-18-16-27(32)17-19-28)39-20-29(38)34-33-22(2)23-12-14-25(15-13-23)24-6-4-3-5-7-24/h3-19H,20H2,1-2H3,(H,34,38)/b33-22+. The first kappa shape index (κ1) is 26.4. The molecular weight excluding hydrogens is 526 g/mol. The number of carbonyl (C=O) groups is 1. The monoisotopic (exact) mass is 551 g/mol. The van der Waals surface area contributed by atoms with Crippen LogP contribution in [0.1, 0.15) is 18.1 Å². The van der Waals surface area contributed by atoms with E-state index in [4.69, 9.17) is 11.6 Å². The van der Waals surface area contributed by atoms with Crippen molar-refractivity contribution in [1.29, 1.82) is 0 Å². The highest BCUT2D eigenvalue weighted by atomic mass is 35.5. The number of hydrazone groups is 1. The summed E-state index contributed by atoms with van der Waals surface area (Å²) in [7, 11) is 0. The van der Waals surface area contributed by atoms with Crippen LogP contribution in [0.25, 0.3) is 28.2 Å². The van der Waals surface area contributed by atoms with Crippen LogP contribution >= 0.6 is 23.4 Å². The summed E-state index contributed by atoms with van der Waals surface area (Å²) in [5.74, 6) is 0.583. The third-order valence-electron chi connectivity index (χ3n) is 6.12. The zero-order valence-corrected chi connectivity index (χ0v) is 23.1. The van der Waals surface area contributed by atoms with E-state index >= 15 is 0 Å². The van der Waals surface area contributed by atoms with Crippen LogP contribution in [-0.2, 0) is 4.79 Å². The number of carbonyl (C=O) groups excluding carboxylic acids is 1. The van der Waals surface area contributed by atoms with E-state index < -0.39 is 0 Å². The predicted molar refractivity (Wildman–Crippen MR) is 159 cm³/mol. The van der Waals surface area contributed by atoms with Crippen molar-refractivity contribution in [2.75, 3.05) is 5.75 Å². The fourth-order valence-corrected chi connectivity index (χ4v) is 4.85. The van der Waals surface area contributed by atoms with Crippen LogP contribution in [-0.4, -0.2) is 32.1 Å². The first-order chi connectivity index (χ1) is 19.0. The van der Waals surface area contributed by atoms with Gasteiger partial charge in [0.15, 0.2) is 11.0 Å². The Morgan fingerprint density at radius 3 is 2.18 bits per heavy atom. The lowest BCUT2D eigenvalue weighted by atomic mass is 10.0. The molecule has 0 spiro atoms. The Hall–Kier alpha value is -4.20. The lowest BCUT2D eigenvalue weighted by Crippen LogP contribution is -2.21.